The molecule has 0 amide bonds. The summed E-state index contributed by atoms with van der Waals surface area (Å²) in [7, 11) is 0. The fraction of sp³-hybridized carbons (Fsp3) is 0.375. The molecular weight excluding hydrogens is 254 g/mol. The molecular formula is C16H17NOS. The summed E-state index contributed by atoms with van der Waals surface area (Å²) in [5, 5.41) is 0. The van der Waals surface area contributed by atoms with Crippen LogP contribution >= 0.6 is 11.3 Å². The van der Waals surface area contributed by atoms with E-state index in [0.717, 1.165) is 29.0 Å². The average molecular weight is 271 g/mol. The van der Waals surface area contributed by atoms with E-state index >= 15 is 0 Å². The molecule has 0 N–H and O–H groups in total. The fourth-order valence-corrected chi connectivity index (χ4v) is 3.67. The van der Waals surface area contributed by atoms with Gasteiger partial charge in [-0.1, -0.05) is 6.07 Å². The molecule has 0 radical (unpaired) electrons. The van der Waals surface area contributed by atoms with Gasteiger partial charge in [-0.05, 0) is 55.9 Å². The monoisotopic (exact) mass is 271 g/mol. The van der Waals surface area contributed by atoms with Gasteiger partial charge in [-0.15, -0.1) is 11.3 Å². The van der Waals surface area contributed by atoms with Crippen molar-refractivity contribution in [2.75, 3.05) is 0 Å². The molecule has 0 spiro atoms. The second-order valence-electron chi connectivity index (χ2n) is 5.19. The lowest BCUT2D eigenvalue weighted by Gasteiger charge is -2.08. The number of hydrogen-bond acceptors (Lipinski definition) is 3. The minimum absolute atomic E-state index is 0.204. The Hall–Kier alpha value is -1.48. The molecule has 98 valence electrons. The van der Waals surface area contributed by atoms with Gasteiger partial charge >= 0.3 is 0 Å². The Kier molecular flexibility index (Phi) is 3.47. The molecule has 1 aliphatic carbocycles. The number of nitrogens with zero attached hydrogens (tertiary/aromatic N) is 1. The Morgan fingerprint density at radius 3 is 2.89 bits per heavy atom. The number of rotatable bonds is 3. The molecule has 0 unspecified atom stereocenters. The summed E-state index contributed by atoms with van der Waals surface area (Å²) >= 11 is 1.69. The van der Waals surface area contributed by atoms with Gasteiger partial charge in [0.05, 0.1) is 11.3 Å². The summed E-state index contributed by atoms with van der Waals surface area (Å²) in [5.41, 5.74) is 3.39. The number of carbonyl (C=O) groups is 1. The second kappa shape index (κ2) is 5.25. The van der Waals surface area contributed by atoms with Gasteiger partial charge in [-0.3, -0.25) is 9.78 Å². The van der Waals surface area contributed by atoms with E-state index < -0.39 is 0 Å². The van der Waals surface area contributed by atoms with Crippen molar-refractivity contribution >= 4 is 17.1 Å². The molecule has 2 heterocycles. The van der Waals surface area contributed by atoms with Crippen molar-refractivity contribution in [2.24, 2.45) is 0 Å². The third-order valence-electron chi connectivity index (χ3n) is 3.59. The van der Waals surface area contributed by atoms with Crippen LogP contribution in [0.15, 0.2) is 24.4 Å². The third kappa shape index (κ3) is 2.76. The zero-order valence-electron chi connectivity index (χ0n) is 11.1. The van der Waals surface area contributed by atoms with Crippen LogP contribution in [0.4, 0.5) is 0 Å². The number of Topliss-reactive ketones (excluding diaryl/α,β-unsaturated/α-hetero) is 1. The van der Waals surface area contributed by atoms with Crippen molar-refractivity contribution in [2.45, 2.75) is 39.0 Å². The van der Waals surface area contributed by atoms with Gasteiger partial charge in [0.1, 0.15) is 0 Å². The Bertz CT molecular complexity index is 574. The lowest BCUT2D eigenvalue weighted by atomic mass is 9.99. The molecule has 0 saturated heterocycles. The van der Waals surface area contributed by atoms with Crippen molar-refractivity contribution in [1.82, 2.24) is 4.98 Å². The summed E-state index contributed by atoms with van der Waals surface area (Å²) in [6.07, 6.45) is 7.05. The predicted molar refractivity (Wildman–Crippen MR) is 78.0 cm³/mol. The van der Waals surface area contributed by atoms with Crippen molar-refractivity contribution in [1.29, 1.82) is 0 Å². The first-order chi connectivity index (χ1) is 9.22. The number of hydrogen-bond donors (Lipinski definition) is 0. The average Bonchev–Trinajstić information content (AvgIpc) is 2.85. The molecule has 0 fully saturated rings. The van der Waals surface area contributed by atoms with Crippen molar-refractivity contribution in [3.63, 3.8) is 0 Å². The van der Waals surface area contributed by atoms with E-state index in [-0.39, 0.29) is 5.78 Å². The SMILES string of the molecule is Cc1ccc(CC(=O)c2cc3c(s2)CCCC3)nc1. The van der Waals surface area contributed by atoms with Crippen molar-refractivity contribution < 1.29 is 4.79 Å². The smallest absolute Gasteiger partial charge is 0.178 e. The van der Waals surface area contributed by atoms with Gasteiger partial charge in [-0.2, -0.15) is 0 Å². The van der Waals surface area contributed by atoms with Crippen LogP contribution in [0.3, 0.4) is 0 Å². The van der Waals surface area contributed by atoms with E-state index in [1.807, 2.05) is 25.3 Å². The highest BCUT2D eigenvalue weighted by Gasteiger charge is 2.17. The van der Waals surface area contributed by atoms with Gasteiger partial charge in [0.15, 0.2) is 5.78 Å². The van der Waals surface area contributed by atoms with Crippen LogP contribution in [-0.4, -0.2) is 10.8 Å². The largest absolute Gasteiger partial charge is 0.293 e. The highest BCUT2D eigenvalue weighted by Crippen LogP contribution is 2.30. The molecule has 0 saturated carbocycles. The van der Waals surface area contributed by atoms with Crippen LogP contribution in [0.1, 0.15) is 44.2 Å². The quantitative estimate of drug-likeness (QED) is 0.796. The van der Waals surface area contributed by atoms with Crippen molar-refractivity contribution in [3.05, 3.63) is 51.0 Å². The molecule has 0 bridgehead atoms. The molecule has 0 aromatic carbocycles. The van der Waals surface area contributed by atoms with Gasteiger partial charge in [0.25, 0.3) is 0 Å². The lowest BCUT2D eigenvalue weighted by molar-refractivity contribution is 0.0995. The summed E-state index contributed by atoms with van der Waals surface area (Å²) in [4.78, 5) is 18.9. The molecule has 2 aromatic heterocycles. The minimum Gasteiger partial charge on any atom is -0.293 e. The van der Waals surface area contributed by atoms with Gasteiger partial charge in [0, 0.05) is 16.8 Å². The van der Waals surface area contributed by atoms with E-state index in [9.17, 15) is 4.79 Å². The normalized spacial score (nSPS) is 14.2. The van der Waals surface area contributed by atoms with Gasteiger partial charge in [-0.25, -0.2) is 0 Å². The number of aromatic nitrogens is 1. The summed E-state index contributed by atoms with van der Waals surface area (Å²) in [6.45, 7) is 2.01. The Labute approximate surface area is 117 Å². The number of carbonyl (C=O) groups excluding carboxylic acids is 1. The summed E-state index contributed by atoms with van der Waals surface area (Å²) < 4.78 is 0. The molecule has 2 aromatic rings. The molecule has 3 heteroatoms. The maximum Gasteiger partial charge on any atom is 0.178 e. The number of ketones is 1. The molecule has 1 aliphatic rings. The standard InChI is InChI=1S/C16H17NOS/c1-11-6-7-13(17-10-11)9-14(18)16-8-12-4-2-3-5-15(12)19-16/h6-8,10H,2-5,9H2,1H3. The Balaban J connectivity index is 1.76. The van der Waals surface area contributed by atoms with Crippen LogP contribution in [0.2, 0.25) is 0 Å². The zero-order valence-corrected chi connectivity index (χ0v) is 11.9. The highest BCUT2D eigenvalue weighted by molar-refractivity contribution is 7.14. The molecule has 3 rings (SSSR count). The number of aryl methyl sites for hydroxylation is 3. The first-order valence-electron chi connectivity index (χ1n) is 6.79. The predicted octanol–water partition coefficient (Wildman–Crippen LogP) is 3.76. The van der Waals surface area contributed by atoms with Crippen LogP contribution < -0.4 is 0 Å². The number of thiophene rings is 1. The van der Waals surface area contributed by atoms with Crippen molar-refractivity contribution in [3.8, 4) is 0 Å². The summed E-state index contributed by atoms with van der Waals surface area (Å²) in [5.74, 6) is 0.204. The van der Waals surface area contributed by atoms with E-state index in [4.69, 9.17) is 0 Å². The topological polar surface area (TPSA) is 30.0 Å². The minimum atomic E-state index is 0.204. The molecule has 19 heavy (non-hydrogen) atoms. The third-order valence-corrected chi connectivity index (χ3v) is 4.86. The lowest BCUT2D eigenvalue weighted by Crippen LogP contribution is -2.03. The van der Waals surface area contributed by atoms with Gasteiger partial charge < -0.3 is 0 Å². The van der Waals surface area contributed by atoms with Crippen LogP contribution in [0.5, 0.6) is 0 Å². The van der Waals surface area contributed by atoms with E-state index in [2.05, 4.69) is 11.1 Å². The molecule has 0 aliphatic heterocycles. The first-order valence-corrected chi connectivity index (χ1v) is 7.60. The Morgan fingerprint density at radius 1 is 1.32 bits per heavy atom. The number of pyridine rings is 1. The van der Waals surface area contributed by atoms with Crippen LogP contribution in [0, 0.1) is 6.92 Å². The van der Waals surface area contributed by atoms with E-state index in [1.54, 1.807) is 11.3 Å². The molecule has 0 atom stereocenters. The van der Waals surface area contributed by atoms with E-state index in [0.29, 0.717) is 6.42 Å². The Morgan fingerprint density at radius 2 is 2.16 bits per heavy atom. The fourth-order valence-electron chi connectivity index (χ4n) is 2.48. The molecule has 2 nitrogen and oxygen atoms in total. The van der Waals surface area contributed by atoms with Crippen LogP contribution in [-0.2, 0) is 19.3 Å². The maximum atomic E-state index is 12.3. The number of fused-ring (bicyclic) bond motifs is 1. The highest BCUT2D eigenvalue weighted by atomic mass is 32.1. The maximum absolute atomic E-state index is 12.3. The van der Waals surface area contributed by atoms with Crippen LogP contribution in [0.25, 0.3) is 0 Å². The zero-order chi connectivity index (χ0) is 13.2. The van der Waals surface area contributed by atoms with Gasteiger partial charge in [0.2, 0.25) is 0 Å². The van der Waals surface area contributed by atoms with E-state index in [1.165, 1.54) is 23.3 Å². The second-order valence-corrected chi connectivity index (χ2v) is 6.33. The first kappa shape index (κ1) is 12.5. The summed E-state index contributed by atoms with van der Waals surface area (Å²) in [6, 6.07) is 6.06.